The smallest absolute Gasteiger partial charge is 0.235 e. The van der Waals surface area contributed by atoms with Crippen molar-refractivity contribution in [1.82, 2.24) is 10.6 Å². The molecule has 0 aromatic heterocycles. The second-order valence-corrected chi connectivity index (χ2v) is 8.17. The Bertz CT molecular complexity index is 774. The molecule has 0 aliphatic carbocycles. The first-order valence-electron chi connectivity index (χ1n) is 8.17. The van der Waals surface area contributed by atoms with Gasteiger partial charge in [0.2, 0.25) is 18.6 Å². The lowest BCUT2D eigenvalue weighted by molar-refractivity contribution is -0.131. The maximum absolute atomic E-state index is 12.9. The molecule has 3 aliphatic rings. The standard InChI is InChI=1S/C18H19BrN2O4/c1-17(2)18(7-12-8-24-9-25-12)13(15(22)20-16(18)23)14(21-17)10-3-5-11(19)6-4-10/h3-6,8,13-14,21H,7,9H2,1-2H3,(H,20,22,23). The molecule has 6 nitrogen and oxygen atoms in total. The van der Waals surface area contributed by atoms with E-state index in [1.165, 1.54) is 6.26 Å². The van der Waals surface area contributed by atoms with Crippen molar-refractivity contribution in [2.24, 2.45) is 11.3 Å². The molecule has 0 bridgehead atoms. The van der Waals surface area contributed by atoms with Gasteiger partial charge in [0.15, 0.2) is 0 Å². The van der Waals surface area contributed by atoms with Crippen molar-refractivity contribution >= 4 is 27.7 Å². The molecule has 25 heavy (non-hydrogen) atoms. The second kappa shape index (κ2) is 5.57. The number of rotatable bonds is 3. The van der Waals surface area contributed by atoms with Crippen molar-refractivity contribution in [3.05, 3.63) is 46.3 Å². The monoisotopic (exact) mass is 406 g/mol. The van der Waals surface area contributed by atoms with E-state index in [9.17, 15) is 9.59 Å². The number of fused-ring (bicyclic) bond motifs is 1. The van der Waals surface area contributed by atoms with Crippen LogP contribution in [0.3, 0.4) is 0 Å². The van der Waals surface area contributed by atoms with Gasteiger partial charge in [-0.15, -0.1) is 0 Å². The van der Waals surface area contributed by atoms with E-state index in [0.29, 0.717) is 12.2 Å². The van der Waals surface area contributed by atoms with E-state index in [1.54, 1.807) is 0 Å². The van der Waals surface area contributed by atoms with Crippen LogP contribution >= 0.6 is 15.9 Å². The van der Waals surface area contributed by atoms with Crippen LogP contribution in [0.2, 0.25) is 0 Å². The zero-order valence-corrected chi connectivity index (χ0v) is 15.6. The summed E-state index contributed by atoms with van der Waals surface area (Å²) < 4.78 is 11.6. The molecule has 3 aliphatic heterocycles. The highest BCUT2D eigenvalue weighted by molar-refractivity contribution is 9.10. The number of halogens is 1. The number of imide groups is 1. The van der Waals surface area contributed by atoms with Crippen molar-refractivity contribution in [3.8, 4) is 0 Å². The fourth-order valence-corrected chi connectivity index (χ4v) is 4.64. The zero-order valence-electron chi connectivity index (χ0n) is 14.0. The van der Waals surface area contributed by atoms with Gasteiger partial charge in [-0.1, -0.05) is 28.1 Å². The van der Waals surface area contributed by atoms with Crippen molar-refractivity contribution in [1.29, 1.82) is 0 Å². The fourth-order valence-electron chi connectivity index (χ4n) is 4.37. The first-order valence-corrected chi connectivity index (χ1v) is 8.96. The van der Waals surface area contributed by atoms with E-state index in [1.807, 2.05) is 38.1 Å². The van der Waals surface area contributed by atoms with Crippen LogP contribution in [0.1, 0.15) is 31.9 Å². The molecule has 3 unspecified atom stereocenters. The number of ether oxygens (including phenoxy) is 2. The number of amides is 2. The molecule has 2 N–H and O–H groups in total. The second-order valence-electron chi connectivity index (χ2n) is 7.26. The predicted molar refractivity (Wildman–Crippen MR) is 92.9 cm³/mol. The molecule has 3 heterocycles. The SMILES string of the molecule is CC1(C)NC(c2ccc(Br)cc2)C2C(=O)NC(=O)C21CC1=COCO1. The normalized spacial score (nSPS) is 32.7. The highest BCUT2D eigenvalue weighted by atomic mass is 79.9. The van der Waals surface area contributed by atoms with Gasteiger partial charge in [0.25, 0.3) is 0 Å². The summed E-state index contributed by atoms with van der Waals surface area (Å²) in [4.78, 5) is 25.6. The third-order valence-electron chi connectivity index (χ3n) is 5.63. The Morgan fingerprint density at radius 1 is 1.24 bits per heavy atom. The summed E-state index contributed by atoms with van der Waals surface area (Å²) in [7, 11) is 0. The highest BCUT2D eigenvalue weighted by Crippen LogP contribution is 2.58. The summed E-state index contributed by atoms with van der Waals surface area (Å²) >= 11 is 3.43. The Kier molecular flexibility index (Phi) is 3.70. The molecule has 3 atom stereocenters. The first-order chi connectivity index (χ1) is 11.8. The number of nitrogens with one attached hydrogen (secondary N) is 2. The van der Waals surface area contributed by atoms with Crippen LogP contribution < -0.4 is 10.6 Å². The van der Waals surface area contributed by atoms with Crippen LogP contribution in [-0.4, -0.2) is 24.1 Å². The Hall–Kier alpha value is -1.86. The summed E-state index contributed by atoms with van der Waals surface area (Å²) in [5.41, 5.74) is -0.551. The van der Waals surface area contributed by atoms with Crippen LogP contribution in [0.15, 0.2) is 40.8 Å². The number of carbonyl (C=O) groups excluding carboxylic acids is 2. The highest BCUT2D eigenvalue weighted by Gasteiger charge is 2.70. The lowest BCUT2D eigenvalue weighted by Crippen LogP contribution is -2.53. The van der Waals surface area contributed by atoms with E-state index in [2.05, 4.69) is 26.6 Å². The van der Waals surface area contributed by atoms with E-state index in [0.717, 1.165) is 10.0 Å². The lowest BCUT2D eigenvalue weighted by Gasteiger charge is -2.37. The summed E-state index contributed by atoms with van der Waals surface area (Å²) in [5, 5.41) is 6.07. The van der Waals surface area contributed by atoms with Crippen LogP contribution in [0, 0.1) is 11.3 Å². The molecule has 2 fully saturated rings. The maximum atomic E-state index is 12.9. The Morgan fingerprint density at radius 2 is 1.96 bits per heavy atom. The average molecular weight is 407 g/mol. The third-order valence-corrected chi connectivity index (χ3v) is 6.16. The average Bonchev–Trinajstić information content (AvgIpc) is 3.20. The molecule has 1 aromatic carbocycles. The summed E-state index contributed by atoms with van der Waals surface area (Å²) in [6.45, 7) is 4.08. The Morgan fingerprint density at radius 3 is 2.60 bits per heavy atom. The van der Waals surface area contributed by atoms with Gasteiger partial charge in [0, 0.05) is 22.5 Å². The van der Waals surface area contributed by atoms with Gasteiger partial charge in [0.1, 0.15) is 12.0 Å². The van der Waals surface area contributed by atoms with Gasteiger partial charge in [-0.2, -0.15) is 0 Å². The molecule has 0 radical (unpaired) electrons. The van der Waals surface area contributed by atoms with Crippen molar-refractivity contribution in [2.75, 3.05) is 6.79 Å². The quantitative estimate of drug-likeness (QED) is 0.753. The van der Waals surface area contributed by atoms with Gasteiger partial charge in [0.05, 0.1) is 11.3 Å². The van der Waals surface area contributed by atoms with Gasteiger partial charge in [-0.05, 0) is 31.5 Å². The summed E-state index contributed by atoms with van der Waals surface area (Å²) in [6, 6.07) is 7.57. The van der Waals surface area contributed by atoms with Crippen LogP contribution in [0.5, 0.6) is 0 Å². The fraction of sp³-hybridized carbons (Fsp3) is 0.444. The number of allylic oxidation sites excluding steroid dienone is 1. The van der Waals surface area contributed by atoms with E-state index >= 15 is 0 Å². The number of carbonyl (C=O) groups is 2. The molecular formula is C18H19BrN2O4. The van der Waals surface area contributed by atoms with Crippen molar-refractivity contribution < 1.29 is 19.1 Å². The summed E-state index contributed by atoms with van der Waals surface area (Å²) in [6.07, 6.45) is 1.85. The van der Waals surface area contributed by atoms with Gasteiger partial charge in [-0.3, -0.25) is 14.9 Å². The first kappa shape index (κ1) is 16.6. The van der Waals surface area contributed by atoms with Gasteiger partial charge in [-0.25, -0.2) is 0 Å². The van der Waals surface area contributed by atoms with Crippen LogP contribution in [-0.2, 0) is 19.1 Å². The molecule has 0 spiro atoms. The van der Waals surface area contributed by atoms with Crippen molar-refractivity contribution in [2.45, 2.75) is 31.8 Å². The molecule has 2 amide bonds. The zero-order chi connectivity index (χ0) is 17.8. The van der Waals surface area contributed by atoms with E-state index in [4.69, 9.17) is 9.47 Å². The minimum atomic E-state index is -0.929. The molecule has 7 heteroatoms. The number of hydrogen-bond acceptors (Lipinski definition) is 5. The Labute approximate surface area is 154 Å². The van der Waals surface area contributed by atoms with E-state index < -0.39 is 16.9 Å². The van der Waals surface area contributed by atoms with Crippen LogP contribution in [0.4, 0.5) is 0 Å². The molecule has 132 valence electrons. The van der Waals surface area contributed by atoms with Gasteiger partial charge >= 0.3 is 0 Å². The van der Waals surface area contributed by atoms with E-state index in [-0.39, 0.29) is 24.6 Å². The molecule has 1 aromatic rings. The lowest BCUT2D eigenvalue weighted by atomic mass is 9.64. The molecule has 0 saturated carbocycles. The predicted octanol–water partition coefficient (Wildman–Crippen LogP) is 2.37. The number of hydrogen-bond donors (Lipinski definition) is 2. The molecule has 4 rings (SSSR count). The maximum Gasteiger partial charge on any atom is 0.235 e. The third kappa shape index (κ3) is 2.33. The largest absolute Gasteiger partial charge is 0.462 e. The van der Waals surface area contributed by atoms with Crippen molar-refractivity contribution in [3.63, 3.8) is 0 Å². The number of benzene rings is 1. The summed E-state index contributed by atoms with van der Waals surface area (Å²) in [5.74, 6) is -0.408. The minimum absolute atomic E-state index is 0.148. The Balaban J connectivity index is 1.80. The molecular weight excluding hydrogens is 388 g/mol. The van der Waals surface area contributed by atoms with Crippen LogP contribution in [0.25, 0.3) is 0 Å². The molecule has 2 saturated heterocycles. The van der Waals surface area contributed by atoms with Gasteiger partial charge < -0.3 is 14.8 Å². The minimum Gasteiger partial charge on any atom is -0.462 e. The topological polar surface area (TPSA) is 76.7 Å².